The van der Waals surface area contributed by atoms with Gasteiger partial charge in [-0.05, 0) is 26.0 Å². The Morgan fingerprint density at radius 2 is 1.86 bits per heavy atom. The fourth-order valence-electron chi connectivity index (χ4n) is 3.14. The van der Waals surface area contributed by atoms with Crippen LogP contribution in [0, 0.1) is 6.92 Å². The zero-order valence-corrected chi connectivity index (χ0v) is 16.6. The summed E-state index contributed by atoms with van der Waals surface area (Å²) < 4.78 is 10.9. The summed E-state index contributed by atoms with van der Waals surface area (Å²) in [6.07, 6.45) is 0. The first-order valence-corrected chi connectivity index (χ1v) is 9.48. The molecule has 1 saturated heterocycles. The number of rotatable bonds is 7. The number of carbonyl (C=O) groups excluding carboxylic acids is 1. The largest absolute Gasteiger partial charge is 0.493 e. The quantitative estimate of drug-likeness (QED) is 0.780. The first-order chi connectivity index (χ1) is 13.6. The van der Waals surface area contributed by atoms with E-state index in [-0.39, 0.29) is 12.5 Å². The molecular formula is C20H27N5O3. The number of aromatic nitrogens is 2. The summed E-state index contributed by atoms with van der Waals surface area (Å²) in [7, 11) is 1.58. The summed E-state index contributed by atoms with van der Waals surface area (Å²) in [5, 5.41) is 3.23. The van der Waals surface area contributed by atoms with E-state index in [1.54, 1.807) is 13.2 Å². The van der Waals surface area contributed by atoms with Gasteiger partial charge in [0, 0.05) is 38.8 Å². The zero-order chi connectivity index (χ0) is 19.9. The van der Waals surface area contributed by atoms with Crippen molar-refractivity contribution in [3.8, 4) is 11.5 Å². The Balaban J connectivity index is 1.54. The van der Waals surface area contributed by atoms with E-state index in [4.69, 9.17) is 9.47 Å². The molecule has 0 bridgehead atoms. The van der Waals surface area contributed by atoms with Crippen LogP contribution in [0.25, 0.3) is 0 Å². The minimum Gasteiger partial charge on any atom is -0.493 e. The van der Waals surface area contributed by atoms with Crippen LogP contribution in [0.2, 0.25) is 0 Å². The van der Waals surface area contributed by atoms with Gasteiger partial charge in [0.15, 0.2) is 18.1 Å². The molecule has 8 nitrogen and oxygen atoms in total. The van der Waals surface area contributed by atoms with Crippen LogP contribution in [0.15, 0.2) is 30.3 Å². The minimum absolute atomic E-state index is 0.00242. The molecule has 1 aliphatic heterocycles. The molecule has 0 saturated carbocycles. The number of benzene rings is 1. The molecule has 150 valence electrons. The van der Waals surface area contributed by atoms with Crippen molar-refractivity contribution in [3.05, 3.63) is 36.2 Å². The Labute approximate surface area is 165 Å². The van der Waals surface area contributed by atoms with E-state index in [2.05, 4.69) is 20.2 Å². The Bertz CT molecular complexity index is 806. The molecule has 1 aromatic carbocycles. The van der Waals surface area contributed by atoms with E-state index in [9.17, 15) is 4.79 Å². The van der Waals surface area contributed by atoms with E-state index < -0.39 is 0 Å². The standard InChI is InChI=1S/C20H27N5O3/c1-4-21-18-13-19(23-15(2)22-18)24-9-11-25(12-10-24)20(26)14-28-17-8-6-5-7-16(17)27-3/h5-8,13H,4,9-12,14H2,1-3H3,(H,21,22,23). The van der Waals surface area contributed by atoms with Crippen LogP contribution in [0.4, 0.5) is 11.6 Å². The molecule has 0 atom stereocenters. The lowest BCUT2D eigenvalue weighted by atomic mass is 10.3. The van der Waals surface area contributed by atoms with E-state index in [0.717, 1.165) is 37.1 Å². The number of methoxy groups -OCH3 is 1. The van der Waals surface area contributed by atoms with Crippen LogP contribution in [0.1, 0.15) is 12.7 Å². The van der Waals surface area contributed by atoms with E-state index in [1.165, 1.54) is 0 Å². The molecule has 8 heteroatoms. The van der Waals surface area contributed by atoms with Crippen LogP contribution in [-0.4, -0.2) is 67.2 Å². The number of ether oxygens (including phenoxy) is 2. The number of carbonyl (C=O) groups is 1. The maximum Gasteiger partial charge on any atom is 0.260 e. The van der Waals surface area contributed by atoms with Crippen molar-refractivity contribution in [1.82, 2.24) is 14.9 Å². The second-order valence-corrected chi connectivity index (χ2v) is 6.50. The van der Waals surface area contributed by atoms with Gasteiger partial charge in [-0.3, -0.25) is 4.79 Å². The van der Waals surface area contributed by atoms with Crippen molar-refractivity contribution < 1.29 is 14.3 Å². The van der Waals surface area contributed by atoms with Crippen molar-refractivity contribution >= 4 is 17.5 Å². The summed E-state index contributed by atoms with van der Waals surface area (Å²) >= 11 is 0. The molecule has 2 aromatic rings. The highest BCUT2D eigenvalue weighted by atomic mass is 16.5. The minimum atomic E-state index is -0.0298. The summed E-state index contributed by atoms with van der Waals surface area (Å²) in [4.78, 5) is 25.4. The third-order valence-electron chi connectivity index (χ3n) is 4.56. The number of piperazine rings is 1. The van der Waals surface area contributed by atoms with Crippen LogP contribution < -0.4 is 19.7 Å². The van der Waals surface area contributed by atoms with Crippen LogP contribution in [0.3, 0.4) is 0 Å². The van der Waals surface area contributed by atoms with Gasteiger partial charge < -0.3 is 24.6 Å². The second kappa shape index (κ2) is 9.25. The third-order valence-corrected chi connectivity index (χ3v) is 4.56. The number of amides is 1. The van der Waals surface area contributed by atoms with Crippen LogP contribution in [-0.2, 0) is 4.79 Å². The fraction of sp³-hybridized carbons (Fsp3) is 0.450. The van der Waals surface area contributed by atoms with E-state index in [0.29, 0.717) is 24.6 Å². The molecule has 28 heavy (non-hydrogen) atoms. The first-order valence-electron chi connectivity index (χ1n) is 9.48. The van der Waals surface area contributed by atoms with Gasteiger partial charge in [-0.2, -0.15) is 0 Å². The molecular weight excluding hydrogens is 358 g/mol. The molecule has 1 aliphatic rings. The first kappa shape index (κ1) is 19.7. The zero-order valence-electron chi connectivity index (χ0n) is 16.6. The fourth-order valence-corrected chi connectivity index (χ4v) is 3.14. The van der Waals surface area contributed by atoms with Gasteiger partial charge in [0.05, 0.1) is 7.11 Å². The van der Waals surface area contributed by atoms with Crippen LogP contribution >= 0.6 is 0 Å². The number of nitrogens with zero attached hydrogens (tertiary/aromatic N) is 4. The predicted octanol–water partition coefficient (Wildman–Crippen LogP) is 1.95. The molecule has 1 amide bonds. The summed E-state index contributed by atoms with van der Waals surface area (Å²) in [6.45, 7) is 7.45. The second-order valence-electron chi connectivity index (χ2n) is 6.50. The molecule has 0 unspecified atom stereocenters. The smallest absolute Gasteiger partial charge is 0.260 e. The van der Waals surface area contributed by atoms with Crippen molar-refractivity contribution in [2.45, 2.75) is 13.8 Å². The van der Waals surface area contributed by atoms with Gasteiger partial charge in [-0.1, -0.05) is 12.1 Å². The van der Waals surface area contributed by atoms with Gasteiger partial charge in [-0.15, -0.1) is 0 Å². The maximum atomic E-state index is 12.5. The Morgan fingerprint density at radius 3 is 2.54 bits per heavy atom. The molecule has 2 heterocycles. The maximum absolute atomic E-state index is 12.5. The van der Waals surface area contributed by atoms with Gasteiger partial charge in [-0.25, -0.2) is 9.97 Å². The summed E-state index contributed by atoms with van der Waals surface area (Å²) in [5.74, 6) is 3.62. The molecule has 0 aliphatic carbocycles. The van der Waals surface area contributed by atoms with Gasteiger partial charge in [0.25, 0.3) is 5.91 Å². The van der Waals surface area contributed by atoms with Crippen molar-refractivity contribution in [1.29, 1.82) is 0 Å². The number of para-hydroxylation sites is 2. The molecule has 3 rings (SSSR count). The molecule has 0 radical (unpaired) electrons. The summed E-state index contributed by atoms with van der Waals surface area (Å²) in [6, 6.07) is 9.28. The number of hydrogen-bond donors (Lipinski definition) is 1. The summed E-state index contributed by atoms with van der Waals surface area (Å²) in [5.41, 5.74) is 0. The van der Waals surface area contributed by atoms with Gasteiger partial charge >= 0.3 is 0 Å². The number of hydrogen-bond acceptors (Lipinski definition) is 7. The van der Waals surface area contributed by atoms with Gasteiger partial charge in [0.2, 0.25) is 0 Å². The lowest BCUT2D eigenvalue weighted by molar-refractivity contribution is -0.133. The van der Waals surface area contributed by atoms with Crippen molar-refractivity contribution in [3.63, 3.8) is 0 Å². The van der Waals surface area contributed by atoms with Gasteiger partial charge in [0.1, 0.15) is 17.5 Å². The van der Waals surface area contributed by atoms with Crippen molar-refractivity contribution in [2.24, 2.45) is 0 Å². The molecule has 0 spiro atoms. The lowest BCUT2D eigenvalue weighted by Gasteiger charge is -2.35. The third kappa shape index (κ3) is 4.82. The molecule has 1 fully saturated rings. The Hall–Kier alpha value is -3.03. The number of nitrogens with one attached hydrogen (secondary N) is 1. The average Bonchev–Trinajstić information content (AvgIpc) is 2.72. The highest BCUT2D eigenvalue weighted by Gasteiger charge is 2.23. The monoisotopic (exact) mass is 385 g/mol. The average molecular weight is 385 g/mol. The van der Waals surface area contributed by atoms with Crippen molar-refractivity contribution in [2.75, 3.05) is 56.7 Å². The topological polar surface area (TPSA) is 79.8 Å². The Kier molecular flexibility index (Phi) is 6.52. The lowest BCUT2D eigenvalue weighted by Crippen LogP contribution is -2.50. The van der Waals surface area contributed by atoms with Crippen LogP contribution in [0.5, 0.6) is 11.5 Å². The Morgan fingerprint density at radius 1 is 1.14 bits per heavy atom. The van der Waals surface area contributed by atoms with E-state index >= 15 is 0 Å². The number of anilines is 2. The highest BCUT2D eigenvalue weighted by molar-refractivity contribution is 5.78. The highest BCUT2D eigenvalue weighted by Crippen LogP contribution is 2.25. The van der Waals surface area contributed by atoms with E-state index in [1.807, 2.05) is 43.0 Å². The SMILES string of the molecule is CCNc1cc(N2CCN(C(=O)COc3ccccc3OC)CC2)nc(C)n1. The molecule has 1 N–H and O–H groups in total. The predicted molar refractivity (Wildman–Crippen MR) is 108 cm³/mol. The molecule has 1 aromatic heterocycles. The normalized spacial score (nSPS) is 14.0. The number of aryl methyl sites for hydroxylation is 1.